The Morgan fingerprint density at radius 2 is 1.52 bits per heavy atom. The van der Waals surface area contributed by atoms with E-state index in [2.05, 4.69) is 72.8 Å². The predicted octanol–water partition coefficient (Wildman–Crippen LogP) is 5.61. The number of rotatable bonds is 0. The maximum absolute atomic E-state index is 3.72. The van der Waals surface area contributed by atoms with Gasteiger partial charge in [-0.15, -0.1) is 19.1 Å². The quantitative estimate of drug-likeness (QED) is 0.373. The Bertz CT molecular complexity index is 617. The van der Waals surface area contributed by atoms with Crippen LogP contribution in [-0.4, -0.2) is 6.88 Å². The van der Waals surface area contributed by atoms with Gasteiger partial charge in [0.05, 0.1) is 0 Å². The summed E-state index contributed by atoms with van der Waals surface area (Å²) in [5, 5.41) is 0. The molecule has 2 unspecified atom stereocenters. The van der Waals surface area contributed by atoms with E-state index in [1.807, 2.05) is 37.2 Å². The van der Waals surface area contributed by atoms with Gasteiger partial charge in [-0.05, 0) is 0 Å². The fourth-order valence-corrected chi connectivity index (χ4v) is 2.44. The van der Waals surface area contributed by atoms with Crippen molar-refractivity contribution in [3.05, 3.63) is 89.4 Å². The summed E-state index contributed by atoms with van der Waals surface area (Å²) in [5.41, 5.74) is 6.50. The Labute approximate surface area is 172 Å². The Hall–Kier alpha value is -0.850. The van der Waals surface area contributed by atoms with Crippen molar-refractivity contribution in [2.45, 2.75) is 41.5 Å². The molecule has 0 N–H and O–H groups in total. The molecule has 2 heteroatoms. The molecule has 0 aliphatic heterocycles. The fraction of sp³-hybridized carbons (Fsp3) is 0.348. The van der Waals surface area contributed by atoms with Gasteiger partial charge in [0.25, 0.3) is 0 Å². The van der Waals surface area contributed by atoms with E-state index in [4.69, 9.17) is 0 Å². The first-order valence-electron chi connectivity index (χ1n) is 8.59. The van der Waals surface area contributed by atoms with Crippen LogP contribution in [0.25, 0.3) is 0 Å². The van der Waals surface area contributed by atoms with E-state index in [1.54, 1.807) is 23.3 Å². The second-order valence-corrected chi connectivity index (χ2v) is 6.33. The van der Waals surface area contributed by atoms with Crippen molar-refractivity contribution in [3.63, 3.8) is 0 Å². The summed E-state index contributed by atoms with van der Waals surface area (Å²) in [5.74, 6) is 1.12. The van der Waals surface area contributed by atoms with Crippen molar-refractivity contribution in [2.24, 2.45) is 11.8 Å². The number of hydrogen-bond acceptors (Lipinski definition) is 0. The van der Waals surface area contributed by atoms with Gasteiger partial charge in [0, 0.05) is 0 Å². The maximum atomic E-state index is 3.72. The van der Waals surface area contributed by atoms with Gasteiger partial charge in [-0.2, -0.15) is 36.3 Å². The summed E-state index contributed by atoms with van der Waals surface area (Å²) in [4.78, 5) is 0. The molecule has 1 aromatic carbocycles. The van der Waals surface area contributed by atoms with Crippen LogP contribution in [0.15, 0.2) is 64.8 Å². The number of hydrogen-bond donors (Lipinski definition) is 0. The van der Waals surface area contributed by atoms with Crippen LogP contribution in [0.2, 0.25) is 0 Å². The standard InChI is InChI=1S/2C8H11.C7H7.H2Si.Zr/c2*1-6-4-7(2)8(3)5-6;1-7-5-3-2-4-6-7;;/h4,8H,1-3H3;4,6H,1-3H3;2-6H,1H2;1H2;/q3*-1;;. The minimum absolute atomic E-state index is 0.551. The van der Waals surface area contributed by atoms with Crippen LogP contribution < -0.4 is 0 Å². The van der Waals surface area contributed by atoms with E-state index < -0.39 is 0 Å². The van der Waals surface area contributed by atoms with Gasteiger partial charge in [0.2, 0.25) is 0 Å². The van der Waals surface area contributed by atoms with Crippen molar-refractivity contribution in [1.82, 2.24) is 0 Å². The predicted molar refractivity (Wildman–Crippen MR) is 110 cm³/mol. The normalized spacial score (nSPS) is 20.2. The summed E-state index contributed by atoms with van der Waals surface area (Å²) < 4.78 is 0. The third-order valence-corrected chi connectivity index (χ3v) is 3.95. The van der Waals surface area contributed by atoms with Crippen molar-refractivity contribution in [2.75, 3.05) is 0 Å². The molecular formula is C23H31SiZr-3. The van der Waals surface area contributed by atoms with E-state index in [-0.39, 0.29) is 0 Å². The molecule has 0 fully saturated rings. The van der Waals surface area contributed by atoms with Crippen molar-refractivity contribution >= 4 is 6.88 Å². The second-order valence-electron chi connectivity index (χ2n) is 6.33. The Balaban J connectivity index is 0.000000330. The zero-order valence-electron chi connectivity index (χ0n) is 16.6. The summed E-state index contributed by atoms with van der Waals surface area (Å²) in [6.07, 6.45) is 11.0. The van der Waals surface area contributed by atoms with Crippen LogP contribution in [0.3, 0.4) is 0 Å². The van der Waals surface area contributed by atoms with Crippen molar-refractivity contribution in [1.29, 1.82) is 0 Å². The summed E-state index contributed by atoms with van der Waals surface area (Å²) >= 11 is 1.58. The first-order chi connectivity index (χ1) is 11.8. The van der Waals surface area contributed by atoms with E-state index in [1.165, 1.54) is 22.3 Å². The summed E-state index contributed by atoms with van der Waals surface area (Å²) in [6, 6.07) is 9.87. The van der Waals surface area contributed by atoms with Crippen LogP contribution in [0.4, 0.5) is 0 Å². The molecule has 0 amide bonds. The Kier molecular flexibility index (Phi) is 12.9. The van der Waals surface area contributed by atoms with Crippen molar-refractivity contribution in [3.8, 4) is 0 Å². The number of benzene rings is 1. The van der Waals surface area contributed by atoms with E-state index in [0.29, 0.717) is 11.8 Å². The van der Waals surface area contributed by atoms with Crippen LogP contribution in [0, 0.1) is 30.9 Å². The zero-order valence-corrected chi connectivity index (χ0v) is 20.5. The Morgan fingerprint density at radius 1 is 0.960 bits per heavy atom. The molecule has 134 valence electrons. The molecule has 1 aromatic rings. The van der Waals surface area contributed by atoms with Gasteiger partial charge in [-0.25, -0.2) is 22.8 Å². The first-order valence-corrected chi connectivity index (χ1v) is 14.5. The molecule has 0 aromatic heterocycles. The fourth-order valence-electron chi connectivity index (χ4n) is 2.44. The van der Waals surface area contributed by atoms with Gasteiger partial charge in [-0.3, -0.25) is 12.2 Å². The average Bonchev–Trinajstić information content (AvgIpc) is 3.02. The van der Waals surface area contributed by atoms with Gasteiger partial charge >= 0.3 is 30.2 Å². The van der Waals surface area contributed by atoms with Crippen LogP contribution in [0.5, 0.6) is 0 Å². The molecule has 2 atom stereocenters. The van der Waals surface area contributed by atoms with E-state index in [0.717, 1.165) is 5.56 Å². The number of allylic oxidation sites excluding steroid dienone is 8. The summed E-state index contributed by atoms with van der Waals surface area (Å²) in [6.45, 7) is 18.5. The molecular weight excluding hydrogens is 396 g/mol. The van der Waals surface area contributed by atoms with E-state index in [9.17, 15) is 0 Å². The summed E-state index contributed by atoms with van der Waals surface area (Å²) in [7, 11) is 0. The first kappa shape index (κ1) is 24.2. The van der Waals surface area contributed by atoms with E-state index >= 15 is 0 Å². The molecule has 0 nitrogen and oxygen atoms in total. The molecule has 3 rings (SSSR count). The average molecular weight is 427 g/mol. The third-order valence-electron chi connectivity index (χ3n) is 3.95. The molecule has 0 heterocycles. The van der Waals surface area contributed by atoms with Crippen LogP contribution in [0.1, 0.15) is 47.1 Å². The topological polar surface area (TPSA) is 0 Å². The van der Waals surface area contributed by atoms with Gasteiger partial charge < -0.3 is 0 Å². The second kappa shape index (κ2) is 13.4. The van der Waals surface area contributed by atoms with Crippen LogP contribution >= 0.6 is 0 Å². The minimum atomic E-state index is 0.551. The van der Waals surface area contributed by atoms with Gasteiger partial charge in [0.1, 0.15) is 0 Å². The van der Waals surface area contributed by atoms with Crippen LogP contribution in [-0.2, 0) is 23.3 Å². The molecule has 2 aliphatic rings. The van der Waals surface area contributed by atoms with Gasteiger partial charge in [-0.1, -0.05) is 52.5 Å². The van der Waals surface area contributed by atoms with Gasteiger partial charge in [0.15, 0.2) is 0 Å². The third kappa shape index (κ3) is 10.7. The SMILES string of the molecule is CC1=[C-]C(C)C(C)=C1.CC1=[C-]C(C)C=C1C.[CH2-]c1ccccc1.[SiH2]=[Zr]. The zero-order chi connectivity index (χ0) is 19.4. The molecule has 25 heavy (non-hydrogen) atoms. The molecule has 0 radical (unpaired) electrons. The molecule has 0 bridgehead atoms. The monoisotopic (exact) mass is 425 g/mol. The molecule has 2 aliphatic carbocycles. The van der Waals surface area contributed by atoms with Crippen molar-refractivity contribution < 1.29 is 23.3 Å². The molecule has 0 saturated carbocycles. The molecule has 0 spiro atoms. The molecule has 0 saturated heterocycles. The Morgan fingerprint density at radius 3 is 1.68 bits per heavy atom.